The van der Waals surface area contributed by atoms with E-state index in [9.17, 15) is 14.7 Å². The fraction of sp³-hybridized carbons (Fsp3) is 0.571. The monoisotopic (exact) mass is 360 g/mol. The molecule has 144 valence electrons. The second-order valence-corrected chi connectivity index (χ2v) is 6.70. The lowest BCUT2D eigenvalue weighted by molar-refractivity contribution is -0.117. The number of rotatable bonds is 13. The van der Waals surface area contributed by atoms with Gasteiger partial charge in [0.15, 0.2) is 0 Å². The molecule has 1 rings (SSSR count). The third-order valence-electron chi connectivity index (χ3n) is 4.29. The van der Waals surface area contributed by atoms with E-state index < -0.39 is 12.0 Å². The first-order valence-corrected chi connectivity index (χ1v) is 9.63. The Hall–Kier alpha value is -2.01. The van der Waals surface area contributed by atoms with Gasteiger partial charge in [-0.15, -0.1) is 0 Å². The third kappa shape index (κ3) is 10.1. The van der Waals surface area contributed by atoms with Crippen molar-refractivity contribution in [1.82, 2.24) is 0 Å². The number of carbonyl (C=O) groups is 2. The number of aryl methyl sites for hydroxylation is 1. The van der Waals surface area contributed by atoms with Crippen LogP contribution in [0, 0.1) is 0 Å². The predicted molar refractivity (Wildman–Crippen MR) is 105 cm³/mol. The average molecular weight is 360 g/mol. The molecule has 1 aromatic carbocycles. The molecule has 26 heavy (non-hydrogen) atoms. The van der Waals surface area contributed by atoms with E-state index in [0.29, 0.717) is 12.8 Å². The molecule has 0 saturated carbocycles. The van der Waals surface area contributed by atoms with Crippen molar-refractivity contribution < 1.29 is 14.7 Å². The largest absolute Gasteiger partial charge is 0.387 e. The van der Waals surface area contributed by atoms with Gasteiger partial charge in [-0.25, -0.2) is 4.99 Å². The van der Waals surface area contributed by atoms with E-state index in [-0.39, 0.29) is 18.0 Å². The minimum Gasteiger partial charge on any atom is -0.387 e. The number of nitrogens with zero attached hydrogens (tertiary/aromatic N) is 1. The molecule has 1 aromatic rings. The molecule has 0 spiro atoms. The molecule has 0 aliphatic carbocycles. The molecule has 3 N–H and O–H groups in total. The molecule has 2 amide bonds. The van der Waals surface area contributed by atoms with E-state index in [1.165, 1.54) is 12.0 Å². The molecule has 0 radical (unpaired) electrons. The Morgan fingerprint density at radius 1 is 1.08 bits per heavy atom. The summed E-state index contributed by atoms with van der Waals surface area (Å²) in [4.78, 5) is 27.2. The highest BCUT2D eigenvalue weighted by molar-refractivity contribution is 6.07. The Morgan fingerprint density at radius 3 is 2.42 bits per heavy atom. The fourth-order valence-electron chi connectivity index (χ4n) is 2.82. The lowest BCUT2D eigenvalue weighted by atomic mass is 10.0. The Morgan fingerprint density at radius 2 is 1.77 bits per heavy atom. The molecule has 5 heteroatoms. The number of amides is 2. The molecule has 0 unspecified atom stereocenters. The van der Waals surface area contributed by atoms with Gasteiger partial charge < -0.3 is 10.8 Å². The first-order valence-electron chi connectivity index (χ1n) is 9.63. The zero-order valence-electron chi connectivity index (χ0n) is 15.8. The minimum atomic E-state index is -0.907. The molecule has 0 aliphatic heterocycles. The summed E-state index contributed by atoms with van der Waals surface area (Å²) in [6, 6.07) is 9.99. The van der Waals surface area contributed by atoms with Gasteiger partial charge in [0.1, 0.15) is 0 Å². The maximum absolute atomic E-state index is 12.0. The van der Waals surface area contributed by atoms with Crippen LogP contribution in [-0.2, 0) is 16.0 Å². The molecular formula is C21H32N2O3. The summed E-state index contributed by atoms with van der Waals surface area (Å²) in [7, 11) is 0. The highest BCUT2D eigenvalue weighted by Crippen LogP contribution is 2.11. The van der Waals surface area contributed by atoms with Crippen molar-refractivity contribution in [3.63, 3.8) is 0 Å². The van der Waals surface area contributed by atoms with Crippen LogP contribution in [0.2, 0.25) is 0 Å². The second-order valence-electron chi connectivity index (χ2n) is 6.70. The number of aliphatic hydroxyl groups is 1. The lowest BCUT2D eigenvalue weighted by Gasteiger charge is -2.13. The van der Waals surface area contributed by atoms with Crippen LogP contribution in [0.4, 0.5) is 0 Å². The highest BCUT2D eigenvalue weighted by Gasteiger charge is 2.17. The Kier molecular flexibility index (Phi) is 11.2. The number of primary amides is 1. The van der Waals surface area contributed by atoms with Crippen LogP contribution in [0.3, 0.4) is 0 Å². The molecule has 0 saturated heterocycles. The quantitative estimate of drug-likeness (QED) is 0.416. The third-order valence-corrected chi connectivity index (χ3v) is 4.29. The summed E-state index contributed by atoms with van der Waals surface area (Å²) >= 11 is 0. The number of aliphatic hydroxyl groups excluding tert-OH is 1. The van der Waals surface area contributed by atoms with Gasteiger partial charge in [0, 0.05) is 6.42 Å². The van der Waals surface area contributed by atoms with Gasteiger partial charge in [0.25, 0.3) is 0 Å². The lowest BCUT2D eigenvalue weighted by Crippen LogP contribution is -2.27. The summed E-state index contributed by atoms with van der Waals surface area (Å²) in [6.07, 6.45) is 6.52. The average Bonchev–Trinajstić information content (AvgIpc) is 2.61. The van der Waals surface area contributed by atoms with Crippen molar-refractivity contribution in [2.24, 2.45) is 10.7 Å². The number of hydrogen-bond acceptors (Lipinski definition) is 3. The van der Waals surface area contributed by atoms with E-state index in [0.717, 1.165) is 38.5 Å². The van der Waals surface area contributed by atoms with Gasteiger partial charge in [0.05, 0.1) is 18.2 Å². The zero-order valence-corrected chi connectivity index (χ0v) is 15.8. The molecule has 1 atom stereocenters. The van der Waals surface area contributed by atoms with Crippen molar-refractivity contribution in [3.8, 4) is 0 Å². The topological polar surface area (TPSA) is 92.8 Å². The van der Waals surface area contributed by atoms with Crippen LogP contribution < -0.4 is 5.73 Å². The van der Waals surface area contributed by atoms with Gasteiger partial charge in [-0.05, 0) is 31.2 Å². The number of hydrogen-bond donors (Lipinski definition) is 2. The molecule has 0 heterocycles. The second kappa shape index (κ2) is 13.2. The van der Waals surface area contributed by atoms with Crippen molar-refractivity contribution in [2.45, 2.75) is 77.2 Å². The first-order chi connectivity index (χ1) is 12.5. The number of carbonyl (C=O) groups excluding carboxylic acids is 2. The van der Waals surface area contributed by atoms with E-state index >= 15 is 0 Å². The van der Waals surface area contributed by atoms with Gasteiger partial charge in [0.2, 0.25) is 11.8 Å². The molecule has 0 aliphatic rings. The van der Waals surface area contributed by atoms with Crippen LogP contribution in [-0.4, -0.2) is 28.7 Å². The van der Waals surface area contributed by atoms with Crippen molar-refractivity contribution in [1.29, 1.82) is 0 Å². The molecule has 5 nitrogen and oxygen atoms in total. The van der Waals surface area contributed by atoms with Crippen molar-refractivity contribution in [2.75, 3.05) is 0 Å². The van der Waals surface area contributed by atoms with Crippen LogP contribution in [0.1, 0.15) is 70.3 Å². The zero-order chi connectivity index (χ0) is 19.2. The normalized spacial score (nSPS) is 12.8. The van der Waals surface area contributed by atoms with Crippen molar-refractivity contribution in [3.05, 3.63) is 35.9 Å². The van der Waals surface area contributed by atoms with Crippen LogP contribution in [0.25, 0.3) is 0 Å². The highest BCUT2D eigenvalue weighted by atomic mass is 16.3. The smallest absolute Gasteiger partial charge is 0.245 e. The Bertz CT molecular complexity index is 570. The number of nitrogens with two attached hydrogens (primary N) is 1. The van der Waals surface area contributed by atoms with Gasteiger partial charge >= 0.3 is 0 Å². The van der Waals surface area contributed by atoms with E-state index in [1.54, 1.807) is 0 Å². The fourth-order valence-corrected chi connectivity index (χ4v) is 2.82. The van der Waals surface area contributed by atoms with Crippen LogP contribution in [0.5, 0.6) is 0 Å². The van der Waals surface area contributed by atoms with Crippen LogP contribution >= 0.6 is 0 Å². The molecular weight excluding hydrogens is 328 g/mol. The first kappa shape index (κ1) is 22.0. The van der Waals surface area contributed by atoms with Gasteiger partial charge in [-0.3, -0.25) is 9.59 Å². The molecule has 0 aromatic heterocycles. The summed E-state index contributed by atoms with van der Waals surface area (Å²) in [5, 5.41) is 10.3. The van der Waals surface area contributed by atoms with Crippen molar-refractivity contribution >= 4 is 17.5 Å². The SMILES string of the molecule is CCCCCCCC(=O)/N=C(\CC(N)=O)[C@@H](O)CCCc1ccccc1. The van der Waals surface area contributed by atoms with Crippen LogP contribution in [0.15, 0.2) is 35.3 Å². The molecule has 0 bridgehead atoms. The Balaban J connectivity index is 2.49. The standard InChI is InChI=1S/C21H32N2O3/c1-2-3-4-5-9-15-21(26)23-18(16-20(22)25)19(24)14-10-13-17-11-7-6-8-12-17/h6-8,11-12,19,24H,2-5,9-10,13-16H2,1H3,(H2,22,25)/b23-18+/t19-/m0/s1. The Labute approximate surface area is 156 Å². The number of aliphatic imine (C=N–C) groups is 1. The van der Waals surface area contributed by atoms with Gasteiger partial charge in [-0.2, -0.15) is 0 Å². The van der Waals surface area contributed by atoms with E-state index in [1.807, 2.05) is 30.3 Å². The summed E-state index contributed by atoms with van der Waals surface area (Å²) in [5.74, 6) is -0.860. The summed E-state index contributed by atoms with van der Waals surface area (Å²) in [5.41, 5.74) is 6.63. The summed E-state index contributed by atoms with van der Waals surface area (Å²) < 4.78 is 0. The summed E-state index contributed by atoms with van der Waals surface area (Å²) in [6.45, 7) is 2.14. The minimum absolute atomic E-state index is 0.173. The number of unbranched alkanes of at least 4 members (excludes halogenated alkanes) is 4. The van der Waals surface area contributed by atoms with E-state index in [2.05, 4.69) is 11.9 Å². The maximum atomic E-state index is 12.0. The maximum Gasteiger partial charge on any atom is 0.245 e. The molecule has 0 fully saturated rings. The van der Waals surface area contributed by atoms with Gasteiger partial charge in [-0.1, -0.05) is 62.9 Å². The predicted octanol–water partition coefficient (Wildman–Crippen LogP) is 3.57. The number of benzene rings is 1. The van der Waals surface area contributed by atoms with E-state index in [4.69, 9.17) is 5.73 Å².